The van der Waals surface area contributed by atoms with Gasteiger partial charge < -0.3 is 5.73 Å². The van der Waals surface area contributed by atoms with Crippen molar-refractivity contribution >= 4 is 43.2 Å². The minimum absolute atomic E-state index is 0. The summed E-state index contributed by atoms with van der Waals surface area (Å²) < 4.78 is 0. The molecule has 0 aliphatic rings. The van der Waals surface area contributed by atoms with Crippen molar-refractivity contribution in [3.63, 3.8) is 0 Å². The fourth-order valence-corrected chi connectivity index (χ4v) is 0. The van der Waals surface area contributed by atoms with Gasteiger partial charge in [-0.25, -0.2) is 0 Å². The summed E-state index contributed by atoms with van der Waals surface area (Å²) in [5.74, 6) is 0. The fraction of sp³-hybridized carbons (Fsp3) is 1.00. The summed E-state index contributed by atoms with van der Waals surface area (Å²) in [7, 11) is 0. The van der Waals surface area contributed by atoms with Gasteiger partial charge in [-0.15, -0.1) is 0 Å². The number of hydrogen-bond acceptors (Lipinski definition) is 1. The van der Waals surface area contributed by atoms with Crippen LogP contribution in [-0.4, -0.2) is 32.8 Å². The summed E-state index contributed by atoms with van der Waals surface area (Å²) >= 11 is 2.92. The van der Waals surface area contributed by atoms with Crippen molar-refractivity contribution in [1.82, 2.24) is 0 Å². The molecule has 1 nitrogen and oxygen atoms in total. The molecular formula is CH6BrNPb. The molecule has 2 N–H and O–H groups in total. The molecule has 2 radical (unpaired) electrons. The standard InChI is InChI=1S/CH4BrN.Pb.2H/c2-1-3;;;/h1,3H2;;;. The van der Waals surface area contributed by atoms with Crippen LogP contribution >= 0.6 is 15.9 Å². The molecule has 0 unspecified atom stereocenters. The number of nitrogens with two attached hydrogens (primary N) is 1. The van der Waals surface area contributed by atoms with Crippen molar-refractivity contribution in [1.29, 1.82) is 0 Å². The third-order valence-corrected chi connectivity index (χ3v) is 0. The molecule has 0 rings (SSSR count). The summed E-state index contributed by atoms with van der Waals surface area (Å²) in [4.78, 5) is 0. The van der Waals surface area contributed by atoms with Gasteiger partial charge in [0.25, 0.3) is 0 Å². The molecule has 0 fully saturated rings. The Balaban J connectivity index is 0. The van der Waals surface area contributed by atoms with Crippen LogP contribution in [0, 0.1) is 0 Å². The van der Waals surface area contributed by atoms with Gasteiger partial charge in [-0.2, -0.15) is 0 Å². The average molecular weight is 319 g/mol. The van der Waals surface area contributed by atoms with Crippen LogP contribution in [0.3, 0.4) is 0 Å². The third kappa shape index (κ3) is 10.1. The first-order chi connectivity index (χ1) is 1.41. The van der Waals surface area contributed by atoms with E-state index in [-0.39, 0.29) is 27.3 Å². The molecule has 0 bridgehead atoms. The Hall–Kier alpha value is 1.36. The first-order valence-electron chi connectivity index (χ1n) is 0.676. The molecule has 3 heteroatoms. The first-order valence-corrected chi connectivity index (χ1v) is 1.80. The second-order valence-corrected chi connectivity index (χ2v) is 0.802. The van der Waals surface area contributed by atoms with Gasteiger partial charge in [-0.1, -0.05) is 15.9 Å². The number of alkyl halides is 1. The molecule has 0 heterocycles. The van der Waals surface area contributed by atoms with Crippen molar-refractivity contribution in [3.8, 4) is 0 Å². The summed E-state index contributed by atoms with van der Waals surface area (Å²) in [5.41, 5.74) is 5.33. The molecule has 0 saturated heterocycles. The van der Waals surface area contributed by atoms with Crippen molar-refractivity contribution < 1.29 is 0 Å². The zero-order valence-electron chi connectivity index (χ0n) is 2.37. The fourth-order valence-electron chi connectivity index (χ4n) is 0. The Kier molecular flexibility index (Phi) is 19.9. The molecule has 0 amide bonds. The molecule has 0 aromatic rings. The van der Waals surface area contributed by atoms with Crippen LogP contribution < -0.4 is 5.73 Å². The molecule has 26 valence electrons. The van der Waals surface area contributed by atoms with E-state index in [9.17, 15) is 0 Å². The average Bonchev–Trinajstić information content (AvgIpc) is 0.918. The molecule has 4 heavy (non-hydrogen) atoms. The van der Waals surface area contributed by atoms with Crippen LogP contribution in [0.25, 0.3) is 0 Å². The molecule has 0 spiro atoms. The molecule has 0 aliphatic heterocycles. The summed E-state index contributed by atoms with van der Waals surface area (Å²) in [6.07, 6.45) is 0. The summed E-state index contributed by atoms with van der Waals surface area (Å²) in [6.45, 7) is 0. The predicted molar refractivity (Wildman–Crippen MR) is 26.5 cm³/mol. The van der Waals surface area contributed by atoms with E-state index in [1.54, 1.807) is 0 Å². The van der Waals surface area contributed by atoms with Crippen LogP contribution in [0.15, 0.2) is 0 Å². The van der Waals surface area contributed by atoms with Gasteiger partial charge >= 0.3 is 27.3 Å². The number of hydrogen-bond donors (Lipinski definition) is 1. The normalized spacial score (nSPS) is 4.50. The molecular weight excluding hydrogens is 313 g/mol. The van der Waals surface area contributed by atoms with E-state index < -0.39 is 0 Å². The Morgan fingerprint density at radius 3 is 1.75 bits per heavy atom. The Morgan fingerprint density at radius 2 is 1.75 bits per heavy atom. The second-order valence-electron chi connectivity index (χ2n) is 0.154. The van der Waals surface area contributed by atoms with E-state index in [0.29, 0.717) is 5.45 Å². The quantitative estimate of drug-likeness (QED) is 0.360. The van der Waals surface area contributed by atoms with Crippen LogP contribution in [-0.2, 0) is 0 Å². The summed E-state index contributed by atoms with van der Waals surface area (Å²) in [6, 6.07) is 0. The topological polar surface area (TPSA) is 26.0 Å². The van der Waals surface area contributed by atoms with Crippen molar-refractivity contribution in [2.75, 3.05) is 5.45 Å². The van der Waals surface area contributed by atoms with Gasteiger partial charge in [0.1, 0.15) is 0 Å². The molecule has 0 saturated carbocycles. The zero-order valence-corrected chi connectivity index (χ0v) is 9.45. The third-order valence-electron chi connectivity index (χ3n) is 0. The van der Waals surface area contributed by atoms with Gasteiger partial charge in [0.15, 0.2) is 0 Å². The van der Waals surface area contributed by atoms with Crippen molar-refractivity contribution in [3.05, 3.63) is 0 Å². The molecule has 0 atom stereocenters. The van der Waals surface area contributed by atoms with E-state index >= 15 is 0 Å². The van der Waals surface area contributed by atoms with E-state index in [1.165, 1.54) is 0 Å². The predicted octanol–water partition coefficient (Wildman–Crippen LogP) is -0.619. The van der Waals surface area contributed by atoms with Gasteiger partial charge in [-0.3, -0.25) is 0 Å². The monoisotopic (exact) mass is 319 g/mol. The maximum absolute atomic E-state index is 4.76. The maximum atomic E-state index is 4.76. The van der Waals surface area contributed by atoms with Gasteiger partial charge in [0.05, 0.1) is 0 Å². The molecule has 0 aromatic carbocycles. The Morgan fingerprint density at radius 1 is 1.75 bits per heavy atom. The van der Waals surface area contributed by atoms with E-state index in [2.05, 4.69) is 15.9 Å². The molecule has 0 aromatic heterocycles. The number of halogens is 1. The van der Waals surface area contributed by atoms with Gasteiger partial charge in [0, 0.05) is 5.45 Å². The van der Waals surface area contributed by atoms with Crippen molar-refractivity contribution in [2.24, 2.45) is 5.73 Å². The van der Waals surface area contributed by atoms with Crippen molar-refractivity contribution in [2.45, 2.75) is 0 Å². The van der Waals surface area contributed by atoms with E-state index in [1.807, 2.05) is 0 Å². The van der Waals surface area contributed by atoms with Crippen LogP contribution in [0.4, 0.5) is 0 Å². The first kappa shape index (κ1) is 9.03. The second kappa shape index (κ2) is 8.84. The summed E-state index contributed by atoms with van der Waals surface area (Å²) in [5, 5.41) is 0. The van der Waals surface area contributed by atoms with Crippen LogP contribution in [0.1, 0.15) is 0 Å². The Labute approximate surface area is 54.2 Å². The van der Waals surface area contributed by atoms with E-state index in [0.717, 1.165) is 0 Å². The Bertz CT molecular complexity index is 8.00. The number of rotatable bonds is 0. The van der Waals surface area contributed by atoms with Crippen LogP contribution in [0.5, 0.6) is 0 Å². The van der Waals surface area contributed by atoms with Gasteiger partial charge in [0.2, 0.25) is 0 Å². The zero-order chi connectivity index (χ0) is 2.71. The van der Waals surface area contributed by atoms with Crippen LogP contribution in [0.2, 0.25) is 0 Å². The van der Waals surface area contributed by atoms with E-state index in [4.69, 9.17) is 5.73 Å². The SMILES string of the molecule is NCBr.[PbH2]. The van der Waals surface area contributed by atoms with Gasteiger partial charge in [-0.05, 0) is 0 Å². The molecule has 0 aliphatic carbocycles. The minimum atomic E-state index is 0.